The molecule has 5 heteroatoms. The molecule has 2 atom stereocenters. The van der Waals surface area contributed by atoms with Crippen molar-refractivity contribution in [1.29, 1.82) is 0 Å². The summed E-state index contributed by atoms with van der Waals surface area (Å²) in [6, 6.07) is 17.6. The van der Waals surface area contributed by atoms with Crippen LogP contribution >= 0.6 is 0 Å². The first-order valence-corrected chi connectivity index (χ1v) is 9.16. The zero-order valence-electron chi connectivity index (χ0n) is 15.6. The van der Waals surface area contributed by atoms with Crippen LogP contribution < -0.4 is 5.32 Å². The van der Waals surface area contributed by atoms with Crippen LogP contribution in [0.1, 0.15) is 36.2 Å². The summed E-state index contributed by atoms with van der Waals surface area (Å²) in [5.74, 6) is -0.796. The number of aromatic nitrogens is 1. The summed E-state index contributed by atoms with van der Waals surface area (Å²) in [6.45, 7) is 3.54. The molecule has 1 aromatic heterocycles. The van der Waals surface area contributed by atoms with Gasteiger partial charge < -0.3 is 15.0 Å². The van der Waals surface area contributed by atoms with Crippen LogP contribution in [0.25, 0.3) is 10.9 Å². The van der Waals surface area contributed by atoms with Crippen molar-refractivity contribution in [3.8, 4) is 0 Å². The van der Waals surface area contributed by atoms with E-state index >= 15 is 0 Å². The van der Waals surface area contributed by atoms with Crippen molar-refractivity contribution < 1.29 is 14.3 Å². The van der Waals surface area contributed by atoms with E-state index in [0.29, 0.717) is 5.56 Å². The molecule has 0 radical (unpaired) electrons. The maximum atomic E-state index is 12.4. The van der Waals surface area contributed by atoms with Gasteiger partial charge in [-0.15, -0.1) is 0 Å². The summed E-state index contributed by atoms with van der Waals surface area (Å²) in [7, 11) is 0. The molecule has 27 heavy (non-hydrogen) atoms. The minimum Gasteiger partial charge on any atom is -0.449 e. The lowest BCUT2D eigenvalue weighted by molar-refractivity contribution is -0.129. The fraction of sp³-hybridized carbons (Fsp3) is 0.273. The minimum absolute atomic E-state index is 0.00746. The number of aromatic amines is 1. The standard InChI is InChI=1S/C22H24N2O3/c1-15(12-13-17-8-4-3-5-9-17)24-21(25)16(2)27-22(26)19-14-23-20-11-7-6-10-18(19)20/h3-11,14-16,23H,12-13H2,1-2H3,(H,24,25)/t15-,16-/m0/s1. The molecule has 0 aliphatic heterocycles. The predicted molar refractivity (Wildman–Crippen MR) is 106 cm³/mol. The summed E-state index contributed by atoms with van der Waals surface area (Å²) in [4.78, 5) is 27.8. The molecule has 0 spiro atoms. The summed E-state index contributed by atoms with van der Waals surface area (Å²) in [5, 5.41) is 3.70. The van der Waals surface area contributed by atoms with E-state index in [-0.39, 0.29) is 11.9 Å². The molecule has 3 aromatic rings. The third kappa shape index (κ3) is 4.76. The Labute approximate surface area is 158 Å². The van der Waals surface area contributed by atoms with Gasteiger partial charge in [-0.1, -0.05) is 48.5 Å². The Morgan fingerprint density at radius 2 is 1.74 bits per heavy atom. The van der Waals surface area contributed by atoms with Crippen LogP contribution in [0.15, 0.2) is 60.8 Å². The van der Waals surface area contributed by atoms with E-state index in [0.717, 1.165) is 23.7 Å². The summed E-state index contributed by atoms with van der Waals surface area (Å²) < 4.78 is 5.36. The first-order valence-electron chi connectivity index (χ1n) is 9.16. The Balaban J connectivity index is 1.51. The number of para-hydroxylation sites is 1. The highest BCUT2D eigenvalue weighted by molar-refractivity contribution is 6.04. The van der Waals surface area contributed by atoms with Gasteiger partial charge in [0.15, 0.2) is 6.10 Å². The molecular weight excluding hydrogens is 340 g/mol. The van der Waals surface area contributed by atoms with E-state index < -0.39 is 12.1 Å². The van der Waals surface area contributed by atoms with Crippen molar-refractivity contribution in [2.24, 2.45) is 0 Å². The van der Waals surface area contributed by atoms with E-state index in [1.807, 2.05) is 49.4 Å². The quantitative estimate of drug-likeness (QED) is 0.626. The molecule has 2 N–H and O–H groups in total. The molecular formula is C22H24N2O3. The van der Waals surface area contributed by atoms with Crippen molar-refractivity contribution in [2.75, 3.05) is 0 Å². The van der Waals surface area contributed by atoms with Gasteiger partial charge in [0, 0.05) is 23.1 Å². The monoisotopic (exact) mass is 364 g/mol. The zero-order chi connectivity index (χ0) is 19.2. The van der Waals surface area contributed by atoms with Crippen LogP contribution in [0.4, 0.5) is 0 Å². The lowest BCUT2D eigenvalue weighted by atomic mass is 10.1. The second-order valence-corrected chi connectivity index (χ2v) is 6.73. The van der Waals surface area contributed by atoms with Crippen molar-refractivity contribution in [3.63, 3.8) is 0 Å². The molecule has 5 nitrogen and oxygen atoms in total. The number of carbonyl (C=O) groups is 2. The number of fused-ring (bicyclic) bond motifs is 1. The third-order valence-electron chi connectivity index (χ3n) is 4.56. The van der Waals surface area contributed by atoms with Crippen molar-refractivity contribution in [1.82, 2.24) is 10.3 Å². The number of hydrogen-bond acceptors (Lipinski definition) is 3. The highest BCUT2D eigenvalue weighted by Crippen LogP contribution is 2.19. The number of nitrogens with one attached hydrogen (secondary N) is 2. The number of benzene rings is 2. The lowest BCUT2D eigenvalue weighted by Crippen LogP contribution is -2.41. The topological polar surface area (TPSA) is 71.2 Å². The molecule has 1 amide bonds. The Morgan fingerprint density at radius 1 is 1.04 bits per heavy atom. The van der Waals surface area contributed by atoms with Crippen LogP contribution in [-0.4, -0.2) is 29.0 Å². The zero-order valence-corrected chi connectivity index (χ0v) is 15.6. The summed E-state index contributed by atoms with van der Waals surface area (Å²) >= 11 is 0. The number of esters is 1. The maximum absolute atomic E-state index is 12.4. The Bertz CT molecular complexity index is 917. The molecule has 0 saturated heterocycles. The number of ether oxygens (including phenoxy) is 1. The van der Waals surface area contributed by atoms with Crippen LogP contribution in [0, 0.1) is 0 Å². The highest BCUT2D eigenvalue weighted by atomic mass is 16.5. The van der Waals surface area contributed by atoms with Crippen LogP contribution in [-0.2, 0) is 16.0 Å². The van der Waals surface area contributed by atoms with Crippen LogP contribution in [0.2, 0.25) is 0 Å². The smallest absolute Gasteiger partial charge is 0.341 e. The van der Waals surface area contributed by atoms with E-state index in [9.17, 15) is 9.59 Å². The molecule has 0 saturated carbocycles. The molecule has 0 fully saturated rings. The molecule has 0 aliphatic carbocycles. The first-order chi connectivity index (χ1) is 13.0. The average molecular weight is 364 g/mol. The number of hydrogen-bond donors (Lipinski definition) is 2. The predicted octanol–water partition coefficient (Wildman–Crippen LogP) is 3.85. The largest absolute Gasteiger partial charge is 0.449 e. The second kappa shape index (κ2) is 8.54. The molecule has 0 unspecified atom stereocenters. The number of amides is 1. The first kappa shape index (κ1) is 18.7. The normalized spacial score (nSPS) is 13.1. The summed E-state index contributed by atoms with van der Waals surface area (Å²) in [6.07, 6.45) is 2.45. The van der Waals surface area contributed by atoms with Gasteiger partial charge in [0.2, 0.25) is 0 Å². The molecule has 1 heterocycles. The highest BCUT2D eigenvalue weighted by Gasteiger charge is 2.22. The van der Waals surface area contributed by atoms with E-state index in [2.05, 4.69) is 22.4 Å². The number of carbonyl (C=O) groups excluding carboxylic acids is 2. The third-order valence-corrected chi connectivity index (χ3v) is 4.56. The van der Waals surface area contributed by atoms with Crippen molar-refractivity contribution in [3.05, 3.63) is 71.9 Å². The number of H-pyrrole nitrogens is 1. The summed E-state index contributed by atoms with van der Waals surface area (Å²) in [5.41, 5.74) is 2.52. The Hall–Kier alpha value is -3.08. The molecule has 2 aromatic carbocycles. The van der Waals surface area contributed by atoms with Gasteiger partial charge in [-0.2, -0.15) is 0 Å². The fourth-order valence-electron chi connectivity index (χ4n) is 2.98. The van der Waals surface area contributed by atoms with Gasteiger partial charge in [-0.25, -0.2) is 4.79 Å². The molecule has 140 valence electrons. The SMILES string of the molecule is C[C@H](OC(=O)c1c[nH]c2ccccc12)C(=O)N[C@@H](C)CCc1ccccc1. The fourth-order valence-corrected chi connectivity index (χ4v) is 2.98. The van der Waals surface area contributed by atoms with Gasteiger partial charge in [-0.3, -0.25) is 4.79 Å². The van der Waals surface area contributed by atoms with Crippen LogP contribution in [0.3, 0.4) is 0 Å². The number of rotatable bonds is 7. The van der Waals surface area contributed by atoms with Crippen LogP contribution in [0.5, 0.6) is 0 Å². The van der Waals surface area contributed by atoms with Crippen molar-refractivity contribution >= 4 is 22.8 Å². The molecule has 0 bridgehead atoms. The van der Waals surface area contributed by atoms with E-state index in [1.54, 1.807) is 13.1 Å². The minimum atomic E-state index is -0.856. The average Bonchev–Trinajstić information content (AvgIpc) is 3.11. The maximum Gasteiger partial charge on any atom is 0.341 e. The van der Waals surface area contributed by atoms with Gasteiger partial charge in [-0.05, 0) is 38.3 Å². The van der Waals surface area contributed by atoms with E-state index in [4.69, 9.17) is 4.74 Å². The van der Waals surface area contributed by atoms with Gasteiger partial charge >= 0.3 is 5.97 Å². The Kier molecular flexibility index (Phi) is 5.91. The van der Waals surface area contributed by atoms with Gasteiger partial charge in [0.05, 0.1) is 5.56 Å². The Morgan fingerprint density at radius 3 is 2.52 bits per heavy atom. The second-order valence-electron chi connectivity index (χ2n) is 6.73. The van der Waals surface area contributed by atoms with Gasteiger partial charge in [0.25, 0.3) is 5.91 Å². The molecule has 0 aliphatic rings. The molecule has 3 rings (SSSR count). The van der Waals surface area contributed by atoms with E-state index in [1.165, 1.54) is 5.56 Å². The van der Waals surface area contributed by atoms with Crippen molar-refractivity contribution in [2.45, 2.75) is 38.8 Å². The lowest BCUT2D eigenvalue weighted by Gasteiger charge is -2.18. The number of aryl methyl sites for hydroxylation is 1. The van der Waals surface area contributed by atoms with Gasteiger partial charge in [0.1, 0.15) is 0 Å².